The Morgan fingerprint density at radius 1 is 1.29 bits per heavy atom. The van der Waals surface area contributed by atoms with Gasteiger partial charge in [0, 0.05) is 6.04 Å². The highest BCUT2D eigenvalue weighted by molar-refractivity contribution is 5.78. The summed E-state index contributed by atoms with van der Waals surface area (Å²) in [7, 11) is 0. The summed E-state index contributed by atoms with van der Waals surface area (Å²) in [5.74, 6) is 0.0983. The third-order valence-electron chi connectivity index (χ3n) is 2.54. The number of benzene rings is 1. The van der Waals surface area contributed by atoms with Crippen LogP contribution < -0.4 is 5.32 Å². The van der Waals surface area contributed by atoms with E-state index in [1.54, 1.807) is 18.2 Å². The van der Waals surface area contributed by atoms with Crippen LogP contribution in [-0.4, -0.2) is 11.9 Å². The summed E-state index contributed by atoms with van der Waals surface area (Å²) in [6, 6.07) is 6.51. The van der Waals surface area contributed by atoms with Gasteiger partial charge in [-0.05, 0) is 30.9 Å². The Labute approximate surface area is 102 Å². The van der Waals surface area contributed by atoms with Crippen LogP contribution in [0, 0.1) is 11.7 Å². The summed E-state index contributed by atoms with van der Waals surface area (Å²) in [6.07, 6.45) is 1.04. The lowest BCUT2D eigenvalue weighted by Crippen LogP contribution is -2.34. The first-order valence-electron chi connectivity index (χ1n) is 6.01. The van der Waals surface area contributed by atoms with E-state index < -0.39 is 0 Å². The van der Waals surface area contributed by atoms with E-state index in [4.69, 9.17) is 0 Å². The number of amides is 1. The first-order valence-corrected chi connectivity index (χ1v) is 6.01. The van der Waals surface area contributed by atoms with Crippen molar-refractivity contribution in [3.8, 4) is 0 Å². The molecule has 17 heavy (non-hydrogen) atoms. The molecule has 1 N–H and O–H groups in total. The van der Waals surface area contributed by atoms with Crippen molar-refractivity contribution in [2.24, 2.45) is 5.92 Å². The van der Waals surface area contributed by atoms with Gasteiger partial charge >= 0.3 is 0 Å². The maximum absolute atomic E-state index is 13.3. The molecule has 0 fully saturated rings. The maximum atomic E-state index is 13.3. The normalized spacial score (nSPS) is 12.5. The Kier molecular flexibility index (Phi) is 5.13. The molecule has 0 aliphatic heterocycles. The van der Waals surface area contributed by atoms with Crippen molar-refractivity contribution in [3.63, 3.8) is 0 Å². The highest BCUT2D eigenvalue weighted by atomic mass is 19.1. The van der Waals surface area contributed by atoms with Crippen LogP contribution in [0.3, 0.4) is 0 Å². The van der Waals surface area contributed by atoms with Crippen molar-refractivity contribution in [1.29, 1.82) is 0 Å². The molecular weight excluding hydrogens is 217 g/mol. The molecule has 1 aromatic rings. The molecule has 0 aromatic heterocycles. The smallest absolute Gasteiger partial charge is 0.224 e. The van der Waals surface area contributed by atoms with E-state index in [1.165, 1.54) is 6.07 Å². The fraction of sp³-hybridized carbons (Fsp3) is 0.500. The van der Waals surface area contributed by atoms with Gasteiger partial charge in [0.25, 0.3) is 0 Å². The van der Waals surface area contributed by atoms with E-state index in [9.17, 15) is 9.18 Å². The SMILES string of the molecule is CC(C)CC(C)NC(=O)Cc1ccccc1F. The molecule has 3 heteroatoms. The van der Waals surface area contributed by atoms with E-state index in [1.807, 2.05) is 6.92 Å². The third-order valence-corrected chi connectivity index (χ3v) is 2.54. The summed E-state index contributed by atoms with van der Waals surface area (Å²) in [5.41, 5.74) is 0.446. The Morgan fingerprint density at radius 3 is 2.53 bits per heavy atom. The standard InChI is InChI=1S/C14H20FNO/c1-10(2)8-11(3)16-14(17)9-12-6-4-5-7-13(12)15/h4-7,10-11H,8-9H2,1-3H3,(H,16,17). The monoisotopic (exact) mass is 237 g/mol. The van der Waals surface area contributed by atoms with Crippen molar-refractivity contribution >= 4 is 5.91 Å². The summed E-state index contributed by atoms with van der Waals surface area (Å²) in [5, 5.41) is 2.88. The van der Waals surface area contributed by atoms with Crippen molar-refractivity contribution in [3.05, 3.63) is 35.6 Å². The predicted octanol–water partition coefficient (Wildman–Crippen LogP) is 2.92. The van der Waals surface area contributed by atoms with Gasteiger partial charge in [-0.1, -0.05) is 32.0 Å². The zero-order chi connectivity index (χ0) is 12.8. The number of halogens is 1. The second-order valence-electron chi connectivity index (χ2n) is 4.87. The van der Waals surface area contributed by atoms with E-state index in [2.05, 4.69) is 19.2 Å². The van der Waals surface area contributed by atoms with E-state index in [-0.39, 0.29) is 24.2 Å². The van der Waals surface area contributed by atoms with Crippen LogP contribution in [0.1, 0.15) is 32.8 Å². The maximum Gasteiger partial charge on any atom is 0.224 e. The van der Waals surface area contributed by atoms with Gasteiger partial charge in [-0.3, -0.25) is 4.79 Å². The molecule has 1 atom stereocenters. The molecule has 1 unspecified atom stereocenters. The second-order valence-corrected chi connectivity index (χ2v) is 4.87. The van der Waals surface area contributed by atoms with Crippen LogP contribution in [-0.2, 0) is 11.2 Å². The number of nitrogens with one attached hydrogen (secondary N) is 1. The molecule has 1 aromatic carbocycles. The molecule has 94 valence electrons. The highest BCUT2D eigenvalue weighted by Crippen LogP contribution is 2.08. The van der Waals surface area contributed by atoms with Crippen LogP contribution in [0.5, 0.6) is 0 Å². The molecule has 1 amide bonds. The van der Waals surface area contributed by atoms with Gasteiger partial charge in [0.1, 0.15) is 5.82 Å². The van der Waals surface area contributed by atoms with Crippen LogP contribution >= 0.6 is 0 Å². The minimum Gasteiger partial charge on any atom is -0.353 e. The Balaban J connectivity index is 2.47. The van der Waals surface area contributed by atoms with Crippen molar-refractivity contribution in [2.45, 2.75) is 39.7 Å². The summed E-state index contributed by atoms with van der Waals surface area (Å²) < 4.78 is 13.3. The number of hydrogen-bond acceptors (Lipinski definition) is 1. The van der Waals surface area contributed by atoms with Gasteiger partial charge in [-0.15, -0.1) is 0 Å². The predicted molar refractivity (Wildman–Crippen MR) is 67.2 cm³/mol. The molecule has 0 heterocycles. The fourth-order valence-electron chi connectivity index (χ4n) is 1.91. The average Bonchev–Trinajstić information content (AvgIpc) is 2.19. The van der Waals surface area contributed by atoms with E-state index >= 15 is 0 Å². The van der Waals surface area contributed by atoms with Crippen LogP contribution in [0.15, 0.2) is 24.3 Å². The van der Waals surface area contributed by atoms with E-state index in [0.717, 1.165) is 6.42 Å². The van der Waals surface area contributed by atoms with Crippen molar-refractivity contribution < 1.29 is 9.18 Å². The van der Waals surface area contributed by atoms with Gasteiger partial charge in [0.05, 0.1) is 6.42 Å². The zero-order valence-corrected chi connectivity index (χ0v) is 10.7. The van der Waals surface area contributed by atoms with E-state index in [0.29, 0.717) is 11.5 Å². The molecular formula is C14H20FNO. The number of rotatable bonds is 5. The first kappa shape index (κ1) is 13.7. The molecule has 0 spiro atoms. The number of hydrogen-bond donors (Lipinski definition) is 1. The first-order chi connectivity index (χ1) is 7.99. The minimum absolute atomic E-state index is 0.106. The summed E-state index contributed by atoms with van der Waals surface area (Å²) in [6.45, 7) is 6.19. The van der Waals surface area contributed by atoms with Gasteiger partial charge in [0.2, 0.25) is 5.91 Å². The Hall–Kier alpha value is -1.38. The number of carbonyl (C=O) groups excluding carboxylic acids is 1. The third kappa shape index (κ3) is 4.98. The molecule has 0 radical (unpaired) electrons. The molecule has 2 nitrogen and oxygen atoms in total. The number of carbonyl (C=O) groups is 1. The largest absolute Gasteiger partial charge is 0.353 e. The van der Waals surface area contributed by atoms with Gasteiger partial charge in [-0.25, -0.2) is 4.39 Å². The molecule has 0 aliphatic carbocycles. The molecule has 0 bridgehead atoms. The molecule has 0 aliphatic rings. The average molecular weight is 237 g/mol. The lowest BCUT2D eigenvalue weighted by atomic mass is 10.0. The van der Waals surface area contributed by atoms with Crippen LogP contribution in [0.25, 0.3) is 0 Å². The Bertz CT molecular complexity index is 376. The topological polar surface area (TPSA) is 29.1 Å². The van der Waals surface area contributed by atoms with Crippen LogP contribution in [0.2, 0.25) is 0 Å². The Morgan fingerprint density at radius 2 is 1.94 bits per heavy atom. The quantitative estimate of drug-likeness (QED) is 0.838. The minimum atomic E-state index is -0.320. The van der Waals surface area contributed by atoms with Crippen molar-refractivity contribution in [2.75, 3.05) is 0 Å². The van der Waals surface area contributed by atoms with Crippen molar-refractivity contribution in [1.82, 2.24) is 5.32 Å². The van der Waals surface area contributed by atoms with Gasteiger partial charge in [0.15, 0.2) is 0 Å². The highest BCUT2D eigenvalue weighted by Gasteiger charge is 2.11. The molecule has 0 saturated heterocycles. The summed E-state index contributed by atoms with van der Waals surface area (Å²) in [4.78, 5) is 11.7. The zero-order valence-electron chi connectivity index (χ0n) is 10.7. The summed E-state index contributed by atoms with van der Waals surface area (Å²) >= 11 is 0. The molecule has 1 rings (SSSR count). The lowest BCUT2D eigenvalue weighted by molar-refractivity contribution is -0.121. The van der Waals surface area contributed by atoms with Gasteiger partial charge in [-0.2, -0.15) is 0 Å². The van der Waals surface area contributed by atoms with Gasteiger partial charge < -0.3 is 5.32 Å². The fourth-order valence-corrected chi connectivity index (χ4v) is 1.91. The second kappa shape index (κ2) is 6.38. The van der Waals surface area contributed by atoms with Crippen LogP contribution in [0.4, 0.5) is 4.39 Å². The lowest BCUT2D eigenvalue weighted by Gasteiger charge is -2.16. The molecule has 0 saturated carbocycles.